The number of nitrogens with zero attached hydrogens (tertiary/aromatic N) is 8. The molecule has 1 atom stereocenters. The molecule has 4 aromatic rings. The number of likely N-dealkylation sites (tertiary alicyclic amines) is 1. The normalized spacial score (nSPS) is 16.0. The summed E-state index contributed by atoms with van der Waals surface area (Å²) in [5, 5.41) is 13.0. The Balaban J connectivity index is 1.36. The van der Waals surface area contributed by atoms with Crippen LogP contribution in [0.25, 0.3) is 11.5 Å². The molecular formula is C21H20N8O2. The van der Waals surface area contributed by atoms with E-state index in [0.29, 0.717) is 18.9 Å². The van der Waals surface area contributed by atoms with E-state index >= 15 is 0 Å². The molecule has 10 nitrogen and oxygen atoms in total. The number of hydrogen-bond acceptors (Lipinski definition) is 6. The van der Waals surface area contributed by atoms with E-state index in [1.807, 2.05) is 30.3 Å². The largest absolute Gasteiger partial charge is 0.332 e. The SMILES string of the molecule is O=C(c1cnn(-c2ccccc2)n1)N1CCCC1Cn1nc(-n2ccnc2)ccc1=O. The second-order valence-electron chi connectivity index (χ2n) is 7.33. The van der Waals surface area contributed by atoms with Crippen LogP contribution in [0.4, 0.5) is 0 Å². The van der Waals surface area contributed by atoms with Crippen molar-refractivity contribution in [3.63, 3.8) is 0 Å². The summed E-state index contributed by atoms with van der Waals surface area (Å²) in [5.41, 5.74) is 0.855. The molecule has 3 aromatic heterocycles. The van der Waals surface area contributed by atoms with E-state index in [1.54, 1.807) is 34.3 Å². The number of carbonyl (C=O) groups excluding carboxylic acids is 1. The van der Waals surface area contributed by atoms with Crippen LogP contribution >= 0.6 is 0 Å². The maximum Gasteiger partial charge on any atom is 0.276 e. The third-order valence-electron chi connectivity index (χ3n) is 5.34. The second-order valence-corrected chi connectivity index (χ2v) is 7.33. The molecule has 1 fully saturated rings. The highest BCUT2D eigenvalue weighted by atomic mass is 16.2. The lowest BCUT2D eigenvalue weighted by molar-refractivity contribution is 0.0714. The van der Waals surface area contributed by atoms with Crippen LogP contribution in [0.5, 0.6) is 0 Å². The van der Waals surface area contributed by atoms with Crippen molar-refractivity contribution in [2.75, 3.05) is 6.54 Å². The quantitative estimate of drug-likeness (QED) is 0.486. The van der Waals surface area contributed by atoms with Gasteiger partial charge in [0.2, 0.25) is 0 Å². The standard InChI is InChI=1S/C21H20N8O2/c30-20-9-8-19(26-12-10-22-15-26)25-28(20)14-17-7-4-11-27(17)21(31)18-13-23-29(24-18)16-5-2-1-3-6-16/h1-3,5-6,8-10,12-13,15,17H,4,7,11,14H2. The van der Waals surface area contributed by atoms with Gasteiger partial charge >= 0.3 is 0 Å². The van der Waals surface area contributed by atoms with E-state index in [2.05, 4.69) is 20.3 Å². The van der Waals surface area contributed by atoms with Gasteiger partial charge in [0.25, 0.3) is 11.5 Å². The summed E-state index contributed by atoms with van der Waals surface area (Å²) in [7, 11) is 0. The minimum Gasteiger partial charge on any atom is -0.332 e. The number of rotatable bonds is 5. The van der Waals surface area contributed by atoms with Crippen LogP contribution < -0.4 is 5.56 Å². The molecule has 1 aliphatic heterocycles. The fraction of sp³-hybridized carbons (Fsp3) is 0.238. The highest BCUT2D eigenvalue weighted by Crippen LogP contribution is 2.21. The number of hydrogen-bond donors (Lipinski definition) is 0. The first-order chi connectivity index (χ1) is 15.2. The minimum atomic E-state index is -0.210. The summed E-state index contributed by atoms with van der Waals surface area (Å²) < 4.78 is 3.14. The van der Waals surface area contributed by atoms with Crippen LogP contribution in [-0.4, -0.2) is 57.7 Å². The van der Waals surface area contributed by atoms with Gasteiger partial charge in [-0.25, -0.2) is 9.67 Å². The molecule has 1 aliphatic rings. The van der Waals surface area contributed by atoms with Crippen molar-refractivity contribution in [1.29, 1.82) is 0 Å². The third-order valence-corrected chi connectivity index (χ3v) is 5.34. The van der Waals surface area contributed by atoms with Gasteiger partial charge in [-0.2, -0.15) is 15.0 Å². The Hall–Kier alpha value is -4.08. The first-order valence-corrected chi connectivity index (χ1v) is 10.0. The van der Waals surface area contributed by atoms with Crippen LogP contribution in [0, 0.1) is 0 Å². The maximum atomic E-state index is 13.1. The van der Waals surface area contributed by atoms with Gasteiger partial charge in [-0.1, -0.05) is 18.2 Å². The molecule has 0 spiro atoms. The molecule has 0 bridgehead atoms. The molecule has 5 rings (SSSR count). The molecule has 0 aliphatic carbocycles. The number of aromatic nitrogens is 7. The summed E-state index contributed by atoms with van der Waals surface area (Å²) in [6.07, 6.45) is 8.17. The zero-order valence-electron chi connectivity index (χ0n) is 16.7. The summed E-state index contributed by atoms with van der Waals surface area (Å²) in [6.45, 7) is 0.928. The molecular weight excluding hydrogens is 396 g/mol. The van der Waals surface area contributed by atoms with Crippen molar-refractivity contribution >= 4 is 5.91 Å². The number of amides is 1. The molecule has 4 heterocycles. The topological polar surface area (TPSA) is 104 Å². The molecule has 0 N–H and O–H groups in total. The Bertz CT molecular complexity index is 1250. The maximum absolute atomic E-state index is 13.1. The Labute approximate surface area is 177 Å². The first kappa shape index (κ1) is 18.9. The average molecular weight is 416 g/mol. The van der Waals surface area contributed by atoms with Crippen LogP contribution in [-0.2, 0) is 6.54 Å². The second kappa shape index (κ2) is 7.98. The Morgan fingerprint density at radius 2 is 1.97 bits per heavy atom. The van der Waals surface area contributed by atoms with E-state index in [-0.39, 0.29) is 23.2 Å². The van der Waals surface area contributed by atoms with E-state index in [9.17, 15) is 9.59 Å². The van der Waals surface area contributed by atoms with E-state index in [1.165, 1.54) is 21.7 Å². The van der Waals surface area contributed by atoms with Gasteiger partial charge in [-0.05, 0) is 31.0 Å². The first-order valence-electron chi connectivity index (χ1n) is 10.0. The van der Waals surface area contributed by atoms with Crippen molar-refractivity contribution < 1.29 is 4.79 Å². The fourth-order valence-corrected chi connectivity index (χ4v) is 3.79. The third kappa shape index (κ3) is 3.75. The van der Waals surface area contributed by atoms with Gasteiger partial charge in [0.15, 0.2) is 11.5 Å². The van der Waals surface area contributed by atoms with Crippen LogP contribution in [0.3, 0.4) is 0 Å². The Morgan fingerprint density at radius 3 is 2.77 bits per heavy atom. The Morgan fingerprint density at radius 1 is 1.10 bits per heavy atom. The van der Waals surface area contributed by atoms with Crippen molar-refractivity contribution in [2.45, 2.75) is 25.4 Å². The number of benzene rings is 1. The highest BCUT2D eigenvalue weighted by molar-refractivity contribution is 5.92. The average Bonchev–Trinajstić information content (AvgIpc) is 3.57. The van der Waals surface area contributed by atoms with Crippen LogP contribution in [0.2, 0.25) is 0 Å². The van der Waals surface area contributed by atoms with Crippen LogP contribution in [0.1, 0.15) is 23.3 Å². The zero-order valence-corrected chi connectivity index (χ0v) is 16.7. The molecule has 156 valence electrons. The molecule has 1 saturated heterocycles. The number of carbonyl (C=O) groups is 1. The smallest absolute Gasteiger partial charge is 0.276 e. The summed E-state index contributed by atoms with van der Waals surface area (Å²) in [4.78, 5) is 32.7. The summed E-state index contributed by atoms with van der Waals surface area (Å²) in [5.74, 6) is 0.405. The monoisotopic (exact) mass is 416 g/mol. The molecule has 1 amide bonds. The van der Waals surface area contributed by atoms with Crippen molar-refractivity contribution in [1.82, 2.24) is 39.2 Å². The predicted octanol–water partition coefficient (Wildman–Crippen LogP) is 1.31. The summed E-state index contributed by atoms with van der Waals surface area (Å²) in [6, 6.07) is 12.4. The van der Waals surface area contributed by atoms with Gasteiger partial charge in [-0.15, -0.1) is 5.10 Å². The lowest BCUT2D eigenvalue weighted by atomic mass is 10.2. The van der Waals surface area contributed by atoms with Gasteiger partial charge in [0.1, 0.15) is 6.33 Å². The van der Waals surface area contributed by atoms with Gasteiger partial charge < -0.3 is 4.90 Å². The van der Waals surface area contributed by atoms with Gasteiger partial charge in [-0.3, -0.25) is 14.2 Å². The number of para-hydroxylation sites is 1. The lowest BCUT2D eigenvalue weighted by Crippen LogP contribution is -2.40. The molecule has 10 heteroatoms. The number of imidazole rings is 1. The van der Waals surface area contributed by atoms with E-state index in [0.717, 1.165) is 18.5 Å². The molecule has 1 unspecified atom stereocenters. The highest BCUT2D eigenvalue weighted by Gasteiger charge is 2.31. The van der Waals surface area contributed by atoms with Crippen molar-refractivity contribution in [3.8, 4) is 11.5 Å². The minimum absolute atomic E-state index is 0.141. The summed E-state index contributed by atoms with van der Waals surface area (Å²) >= 11 is 0. The molecule has 31 heavy (non-hydrogen) atoms. The zero-order chi connectivity index (χ0) is 21.2. The molecule has 1 aromatic carbocycles. The van der Waals surface area contributed by atoms with Gasteiger partial charge in [0.05, 0.1) is 24.5 Å². The lowest BCUT2D eigenvalue weighted by Gasteiger charge is -2.24. The molecule has 0 saturated carbocycles. The van der Waals surface area contributed by atoms with Crippen LogP contribution in [0.15, 0.2) is 72.2 Å². The van der Waals surface area contributed by atoms with Gasteiger partial charge in [0, 0.05) is 25.0 Å². The Kier molecular flexibility index (Phi) is 4.87. The van der Waals surface area contributed by atoms with E-state index in [4.69, 9.17) is 0 Å². The predicted molar refractivity (Wildman–Crippen MR) is 111 cm³/mol. The fourth-order valence-electron chi connectivity index (χ4n) is 3.79. The van der Waals surface area contributed by atoms with Crippen molar-refractivity contribution in [3.05, 3.63) is 83.4 Å². The van der Waals surface area contributed by atoms with Crippen molar-refractivity contribution in [2.24, 2.45) is 0 Å². The van der Waals surface area contributed by atoms with E-state index < -0.39 is 0 Å². The molecule has 0 radical (unpaired) electrons.